The summed E-state index contributed by atoms with van der Waals surface area (Å²) in [5.41, 5.74) is 3.06. The third-order valence-electron chi connectivity index (χ3n) is 7.18. The number of rotatable bonds is 8. The number of amides is 1. The first-order valence-corrected chi connectivity index (χ1v) is 13.3. The number of carbonyl (C=O) groups excluding carboxylic acids is 1. The molecule has 1 amide bonds. The zero-order chi connectivity index (χ0) is 23.3. The Morgan fingerprint density at radius 1 is 1.15 bits per heavy atom. The molecule has 3 aromatic rings. The Balaban J connectivity index is 1.27. The van der Waals surface area contributed by atoms with Crippen molar-refractivity contribution in [3.8, 4) is 5.75 Å². The van der Waals surface area contributed by atoms with Crippen molar-refractivity contribution in [3.63, 3.8) is 0 Å². The van der Waals surface area contributed by atoms with Crippen molar-refractivity contribution in [2.45, 2.75) is 61.5 Å². The number of para-hydroxylation sites is 3. The molecule has 2 aromatic carbocycles. The van der Waals surface area contributed by atoms with E-state index in [0.29, 0.717) is 17.7 Å². The summed E-state index contributed by atoms with van der Waals surface area (Å²) in [6.07, 6.45) is 7.40. The quantitative estimate of drug-likeness (QED) is 0.477. The topological polar surface area (TPSA) is 70.2 Å². The molecule has 0 spiro atoms. The first kappa shape index (κ1) is 23.2. The predicted octanol–water partition coefficient (Wildman–Crippen LogP) is 5.00. The van der Waals surface area contributed by atoms with Crippen molar-refractivity contribution < 1.29 is 9.53 Å². The van der Waals surface area contributed by atoms with Gasteiger partial charge in [0.25, 0.3) is 0 Å². The highest BCUT2D eigenvalue weighted by molar-refractivity contribution is 7.99. The van der Waals surface area contributed by atoms with E-state index in [1.807, 2.05) is 42.5 Å². The molecular weight excluding hydrogens is 444 g/mol. The Hall–Kier alpha value is -2.51. The number of aromatic nitrogens is 2. The maximum atomic E-state index is 13.4. The minimum atomic E-state index is -0.0986. The molecule has 2 heterocycles. The molecule has 7 heteroatoms. The number of nitrogens with one attached hydrogen (secondary N) is 2. The van der Waals surface area contributed by atoms with Gasteiger partial charge in [-0.15, -0.1) is 0 Å². The third kappa shape index (κ3) is 5.41. The van der Waals surface area contributed by atoms with Crippen LogP contribution in [0.25, 0.3) is 11.0 Å². The summed E-state index contributed by atoms with van der Waals surface area (Å²) in [4.78, 5) is 24.0. The average Bonchev–Trinajstić information content (AvgIpc) is 3.46. The molecular formula is C27H34N4O2S. The molecule has 2 atom stereocenters. The van der Waals surface area contributed by atoms with Crippen molar-refractivity contribution in [1.82, 2.24) is 20.2 Å². The van der Waals surface area contributed by atoms with Crippen molar-refractivity contribution in [2.24, 2.45) is 5.92 Å². The van der Waals surface area contributed by atoms with Gasteiger partial charge >= 0.3 is 0 Å². The normalized spacial score (nSPS) is 21.7. The fourth-order valence-corrected chi connectivity index (χ4v) is 6.60. The number of hydrogen-bond donors (Lipinski definition) is 2. The van der Waals surface area contributed by atoms with Gasteiger partial charge in [0.1, 0.15) is 5.75 Å². The molecule has 0 unspecified atom stereocenters. The Kier molecular flexibility index (Phi) is 7.40. The Morgan fingerprint density at radius 3 is 2.76 bits per heavy atom. The molecule has 2 aliphatic rings. The summed E-state index contributed by atoms with van der Waals surface area (Å²) in [6.45, 7) is 2.42. The van der Waals surface area contributed by atoms with Gasteiger partial charge in [-0.2, -0.15) is 0 Å². The van der Waals surface area contributed by atoms with Crippen LogP contribution in [0.4, 0.5) is 0 Å². The van der Waals surface area contributed by atoms with E-state index in [-0.39, 0.29) is 11.9 Å². The van der Waals surface area contributed by atoms with Gasteiger partial charge in [0, 0.05) is 30.4 Å². The van der Waals surface area contributed by atoms with E-state index >= 15 is 0 Å². The van der Waals surface area contributed by atoms with E-state index < -0.39 is 0 Å². The highest BCUT2D eigenvalue weighted by Crippen LogP contribution is 2.35. The van der Waals surface area contributed by atoms with Crippen molar-refractivity contribution >= 4 is 28.7 Å². The fraction of sp³-hybridized carbons (Fsp3) is 0.481. The summed E-state index contributed by atoms with van der Waals surface area (Å²) in [6, 6.07) is 15.9. The highest BCUT2D eigenvalue weighted by atomic mass is 32.2. The number of imidazole rings is 1. The van der Waals surface area contributed by atoms with Gasteiger partial charge in [0.15, 0.2) is 5.16 Å². The SMILES string of the molecule is COc1ccccc1CNC(=O)[C@@H]1C[C@@H](Sc2nc3ccccc3[nH]2)CN1CC1CCCCC1. The van der Waals surface area contributed by atoms with Crippen LogP contribution in [-0.4, -0.2) is 52.3 Å². The van der Waals surface area contributed by atoms with Crippen LogP contribution < -0.4 is 10.1 Å². The van der Waals surface area contributed by atoms with E-state index in [4.69, 9.17) is 9.72 Å². The number of fused-ring (bicyclic) bond motifs is 1. The lowest BCUT2D eigenvalue weighted by Crippen LogP contribution is -2.44. The second-order valence-corrected chi connectivity index (χ2v) is 10.8. The first-order valence-electron chi connectivity index (χ1n) is 12.4. The van der Waals surface area contributed by atoms with Crippen LogP contribution in [-0.2, 0) is 11.3 Å². The van der Waals surface area contributed by atoms with E-state index in [2.05, 4.69) is 21.3 Å². The molecule has 1 saturated heterocycles. The summed E-state index contributed by atoms with van der Waals surface area (Å²) >= 11 is 1.78. The molecule has 6 nitrogen and oxygen atoms in total. The number of carbonyl (C=O) groups is 1. The summed E-state index contributed by atoms with van der Waals surface area (Å²) in [5, 5.41) is 4.48. The number of likely N-dealkylation sites (tertiary alicyclic amines) is 1. The third-order valence-corrected chi connectivity index (χ3v) is 8.27. The molecule has 1 saturated carbocycles. The lowest BCUT2D eigenvalue weighted by molar-refractivity contribution is -0.125. The van der Waals surface area contributed by atoms with Crippen LogP contribution in [0.5, 0.6) is 5.75 Å². The van der Waals surface area contributed by atoms with E-state index in [9.17, 15) is 4.79 Å². The molecule has 1 aromatic heterocycles. The molecule has 2 N–H and O–H groups in total. The van der Waals surface area contributed by atoms with Gasteiger partial charge in [-0.25, -0.2) is 4.98 Å². The smallest absolute Gasteiger partial charge is 0.237 e. The minimum Gasteiger partial charge on any atom is -0.496 e. The molecule has 180 valence electrons. The van der Waals surface area contributed by atoms with Crippen LogP contribution in [0.2, 0.25) is 0 Å². The zero-order valence-corrected chi connectivity index (χ0v) is 20.7. The number of aromatic amines is 1. The van der Waals surface area contributed by atoms with Crippen molar-refractivity contribution in [2.75, 3.05) is 20.2 Å². The second kappa shape index (κ2) is 10.8. The number of thioether (sulfide) groups is 1. The van der Waals surface area contributed by atoms with Gasteiger partial charge in [0.2, 0.25) is 5.91 Å². The highest BCUT2D eigenvalue weighted by Gasteiger charge is 2.38. The Bertz CT molecular complexity index is 1080. The van der Waals surface area contributed by atoms with E-state index in [1.165, 1.54) is 32.1 Å². The Morgan fingerprint density at radius 2 is 1.94 bits per heavy atom. The van der Waals surface area contributed by atoms with Crippen LogP contribution in [0, 0.1) is 5.92 Å². The summed E-state index contributed by atoms with van der Waals surface area (Å²) in [5.74, 6) is 1.63. The van der Waals surface area contributed by atoms with Crippen LogP contribution in [0.15, 0.2) is 53.7 Å². The standard InChI is InChI=1S/C27H34N4O2S/c1-33-25-14-8-5-11-20(25)16-28-26(32)24-15-21(18-31(24)17-19-9-3-2-4-10-19)34-27-29-22-12-6-7-13-23(22)30-27/h5-8,11-14,19,21,24H,2-4,9-10,15-18H2,1H3,(H,28,32)(H,29,30)/t21-,24+/m1/s1. The second-order valence-electron chi connectivity index (χ2n) is 9.54. The predicted molar refractivity (Wildman–Crippen MR) is 137 cm³/mol. The molecule has 1 aliphatic heterocycles. The lowest BCUT2D eigenvalue weighted by atomic mass is 9.89. The average molecular weight is 479 g/mol. The molecule has 2 fully saturated rings. The number of ether oxygens (including phenoxy) is 1. The monoisotopic (exact) mass is 478 g/mol. The van der Waals surface area contributed by atoms with Crippen molar-refractivity contribution in [1.29, 1.82) is 0 Å². The first-order chi connectivity index (χ1) is 16.7. The molecule has 0 radical (unpaired) electrons. The van der Waals surface area contributed by atoms with Gasteiger partial charge in [-0.05, 0) is 43.4 Å². The fourth-order valence-electron chi connectivity index (χ4n) is 5.42. The maximum Gasteiger partial charge on any atom is 0.237 e. The lowest BCUT2D eigenvalue weighted by Gasteiger charge is -2.30. The number of hydrogen-bond acceptors (Lipinski definition) is 5. The molecule has 0 bridgehead atoms. The largest absolute Gasteiger partial charge is 0.496 e. The van der Waals surface area contributed by atoms with Crippen LogP contribution in [0.1, 0.15) is 44.1 Å². The Labute approximate surface area is 205 Å². The summed E-state index contributed by atoms with van der Waals surface area (Å²) in [7, 11) is 1.67. The van der Waals surface area contributed by atoms with Crippen LogP contribution >= 0.6 is 11.8 Å². The molecule has 5 rings (SSSR count). The van der Waals surface area contributed by atoms with Gasteiger partial charge < -0.3 is 15.0 Å². The zero-order valence-electron chi connectivity index (χ0n) is 19.8. The number of H-pyrrole nitrogens is 1. The number of methoxy groups -OCH3 is 1. The number of benzene rings is 2. The van der Waals surface area contributed by atoms with E-state index in [0.717, 1.165) is 47.0 Å². The number of nitrogens with zero attached hydrogens (tertiary/aromatic N) is 2. The van der Waals surface area contributed by atoms with Gasteiger partial charge in [-0.3, -0.25) is 9.69 Å². The van der Waals surface area contributed by atoms with Crippen LogP contribution in [0.3, 0.4) is 0 Å². The van der Waals surface area contributed by atoms with Crippen molar-refractivity contribution in [3.05, 3.63) is 54.1 Å². The summed E-state index contributed by atoms with van der Waals surface area (Å²) < 4.78 is 5.46. The molecule has 34 heavy (non-hydrogen) atoms. The van der Waals surface area contributed by atoms with E-state index in [1.54, 1.807) is 18.9 Å². The van der Waals surface area contributed by atoms with Gasteiger partial charge in [-0.1, -0.05) is 61.4 Å². The molecule has 1 aliphatic carbocycles. The maximum absolute atomic E-state index is 13.4. The van der Waals surface area contributed by atoms with Gasteiger partial charge in [0.05, 0.1) is 24.2 Å². The minimum absolute atomic E-state index is 0.0986.